The van der Waals surface area contributed by atoms with Crippen molar-refractivity contribution in [2.75, 3.05) is 7.11 Å². The molecule has 0 radical (unpaired) electrons. The highest BCUT2D eigenvalue weighted by Gasteiger charge is 2.15. The first-order chi connectivity index (χ1) is 7.47. The third-order valence-corrected chi connectivity index (χ3v) is 3.23. The summed E-state index contributed by atoms with van der Waals surface area (Å²) in [5.74, 6) is -0.530. The van der Waals surface area contributed by atoms with Gasteiger partial charge < -0.3 is 9.29 Å². The van der Waals surface area contributed by atoms with Crippen molar-refractivity contribution in [2.24, 2.45) is 0 Å². The van der Waals surface area contributed by atoms with Crippen LogP contribution in [0.2, 0.25) is 5.02 Å². The summed E-state index contributed by atoms with van der Waals surface area (Å²) >= 11 is 4.05. The van der Waals surface area contributed by atoms with E-state index in [4.69, 9.17) is 16.2 Å². The number of halogens is 1. The van der Waals surface area contributed by atoms with Crippen LogP contribution in [-0.2, 0) is 21.6 Å². The van der Waals surface area contributed by atoms with Gasteiger partial charge in [-0.2, -0.15) is 0 Å². The number of carbonyl (C=O) groups is 1. The Labute approximate surface area is 101 Å². The molecule has 0 spiro atoms. The van der Waals surface area contributed by atoms with E-state index in [1.807, 2.05) is 0 Å². The van der Waals surface area contributed by atoms with Crippen LogP contribution in [0.1, 0.15) is 21.5 Å². The molecule has 4 nitrogen and oxygen atoms in total. The minimum Gasteiger partial charge on any atom is -0.465 e. The zero-order valence-electron chi connectivity index (χ0n) is 8.82. The van der Waals surface area contributed by atoms with Crippen LogP contribution in [0.5, 0.6) is 0 Å². The first-order valence-corrected chi connectivity index (χ1v) is 6.06. The quantitative estimate of drug-likeness (QED) is 0.670. The van der Waals surface area contributed by atoms with Gasteiger partial charge in [0.25, 0.3) is 0 Å². The topological polar surface area (TPSA) is 63.6 Å². The maximum absolute atomic E-state index is 11.3. The number of hydrogen-bond acceptors (Lipinski definition) is 3. The van der Waals surface area contributed by atoms with E-state index in [2.05, 4.69) is 4.74 Å². The molecule has 0 saturated carbocycles. The maximum Gasteiger partial charge on any atom is 0.339 e. The Balaban J connectivity index is 3.17. The van der Waals surface area contributed by atoms with Crippen LogP contribution >= 0.6 is 11.6 Å². The molecule has 88 valence electrons. The fourth-order valence-electron chi connectivity index (χ4n) is 1.28. The van der Waals surface area contributed by atoms with Crippen molar-refractivity contribution in [3.63, 3.8) is 0 Å². The first kappa shape index (κ1) is 13.2. The second-order valence-electron chi connectivity index (χ2n) is 3.17. The van der Waals surface area contributed by atoms with Crippen molar-refractivity contribution >= 4 is 28.7 Å². The van der Waals surface area contributed by atoms with Gasteiger partial charge in [0.2, 0.25) is 0 Å². The molecule has 6 heteroatoms. The summed E-state index contributed by atoms with van der Waals surface area (Å²) < 4.78 is 24.0. The third-order valence-electron chi connectivity index (χ3n) is 2.18. The van der Waals surface area contributed by atoms with Gasteiger partial charge in [-0.1, -0.05) is 17.7 Å². The maximum atomic E-state index is 11.3. The number of hydrogen-bond donors (Lipinski definition) is 1. The summed E-state index contributed by atoms with van der Waals surface area (Å²) in [5.41, 5.74) is 1.51. The molecule has 0 amide bonds. The SMILES string of the molecule is COC(=O)c1ccc(CS(=O)O)c(C)c1Cl. The Morgan fingerprint density at radius 1 is 1.56 bits per heavy atom. The highest BCUT2D eigenvalue weighted by atomic mass is 35.5. The minimum absolute atomic E-state index is 0.00694. The van der Waals surface area contributed by atoms with E-state index in [1.165, 1.54) is 13.2 Å². The Bertz CT molecular complexity index is 445. The number of rotatable bonds is 3. The monoisotopic (exact) mass is 262 g/mol. The van der Waals surface area contributed by atoms with E-state index < -0.39 is 17.0 Å². The highest BCUT2D eigenvalue weighted by molar-refractivity contribution is 7.78. The lowest BCUT2D eigenvalue weighted by Gasteiger charge is -2.09. The Morgan fingerprint density at radius 3 is 2.69 bits per heavy atom. The van der Waals surface area contributed by atoms with Gasteiger partial charge in [-0.3, -0.25) is 0 Å². The lowest BCUT2D eigenvalue weighted by molar-refractivity contribution is 0.0601. The summed E-state index contributed by atoms with van der Waals surface area (Å²) in [6.45, 7) is 1.69. The molecule has 1 N–H and O–H groups in total. The lowest BCUT2D eigenvalue weighted by Crippen LogP contribution is -2.05. The molecule has 0 aromatic heterocycles. The first-order valence-electron chi connectivity index (χ1n) is 4.41. The van der Waals surface area contributed by atoms with Crippen LogP contribution < -0.4 is 0 Å². The van der Waals surface area contributed by atoms with Crippen molar-refractivity contribution in [1.82, 2.24) is 0 Å². The largest absolute Gasteiger partial charge is 0.465 e. The van der Waals surface area contributed by atoms with Crippen molar-refractivity contribution in [3.8, 4) is 0 Å². The Morgan fingerprint density at radius 2 is 2.19 bits per heavy atom. The van der Waals surface area contributed by atoms with Crippen LogP contribution in [0, 0.1) is 6.92 Å². The fourth-order valence-corrected chi connectivity index (χ4v) is 2.12. The van der Waals surface area contributed by atoms with Gasteiger partial charge in [0.15, 0.2) is 11.1 Å². The van der Waals surface area contributed by atoms with Crippen molar-refractivity contribution in [2.45, 2.75) is 12.7 Å². The molecule has 0 aliphatic heterocycles. The number of ether oxygens (including phenoxy) is 1. The van der Waals surface area contributed by atoms with E-state index in [-0.39, 0.29) is 16.3 Å². The van der Waals surface area contributed by atoms with Gasteiger partial charge in [-0.05, 0) is 24.1 Å². The molecule has 1 aromatic carbocycles. The average Bonchev–Trinajstić information content (AvgIpc) is 2.23. The summed E-state index contributed by atoms with van der Waals surface area (Å²) in [7, 11) is 1.27. The third kappa shape index (κ3) is 2.81. The van der Waals surface area contributed by atoms with E-state index >= 15 is 0 Å². The molecule has 1 aromatic rings. The van der Waals surface area contributed by atoms with Gasteiger partial charge in [0, 0.05) is 0 Å². The van der Waals surface area contributed by atoms with Crippen molar-refractivity contribution < 1.29 is 18.3 Å². The molecule has 0 saturated heterocycles. The van der Waals surface area contributed by atoms with Crippen LogP contribution in [0.15, 0.2) is 12.1 Å². The molecule has 0 fully saturated rings. The molecule has 0 aliphatic rings. The van der Waals surface area contributed by atoms with E-state index in [1.54, 1.807) is 13.0 Å². The van der Waals surface area contributed by atoms with Crippen molar-refractivity contribution in [3.05, 3.63) is 33.8 Å². The van der Waals surface area contributed by atoms with Gasteiger partial charge >= 0.3 is 5.97 Å². The smallest absolute Gasteiger partial charge is 0.339 e. The van der Waals surface area contributed by atoms with Crippen LogP contribution in [0.3, 0.4) is 0 Å². The molecule has 0 aliphatic carbocycles. The standard InChI is InChI=1S/C10H11ClO4S/c1-6-7(5-16(13)14)3-4-8(9(6)11)10(12)15-2/h3-4H,5H2,1-2H3,(H,13,14). The van der Waals surface area contributed by atoms with Gasteiger partial charge in [-0.25, -0.2) is 9.00 Å². The van der Waals surface area contributed by atoms with Crippen LogP contribution in [0.4, 0.5) is 0 Å². The second-order valence-corrected chi connectivity index (χ2v) is 4.48. The summed E-state index contributed by atoms with van der Waals surface area (Å²) in [6, 6.07) is 3.09. The molecule has 16 heavy (non-hydrogen) atoms. The summed E-state index contributed by atoms with van der Waals surface area (Å²) in [4.78, 5) is 11.3. The predicted molar refractivity (Wildman–Crippen MR) is 62.0 cm³/mol. The van der Waals surface area contributed by atoms with Crippen LogP contribution in [0.25, 0.3) is 0 Å². The normalized spacial score (nSPS) is 12.2. The molecule has 1 unspecified atom stereocenters. The Kier molecular flexibility index (Phi) is 4.46. The van der Waals surface area contributed by atoms with Crippen LogP contribution in [-0.4, -0.2) is 21.8 Å². The van der Waals surface area contributed by atoms with Gasteiger partial charge in [-0.15, -0.1) is 0 Å². The fraction of sp³-hybridized carbons (Fsp3) is 0.300. The lowest BCUT2D eigenvalue weighted by atomic mass is 10.1. The molecular weight excluding hydrogens is 252 g/mol. The highest BCUT2D eigenvalue weighted by Crippen LogP contribution is 2.25. The number of esters is 1. The molecule has 1 rings (SSSR count). The number of methoxy groups -OCH3 is 1. The number of benzene rings is 1. The van der Waals surface area contributed by atoms with E-state index in [0.717, 1.165) is 0 Å². The predicted octanol–water partition coefficient (Wildman–Crippen LogP) is 2.16. The zero-order chi connectivity index (χ0) is 12.3. The van der Waals surface area contributed by atoms with Gasteiger partial charge in [0.05, 0.1) is 23.4 Å². The van der Waals surface area contributed by atoms with E-state index in [0.29, 0.717) is 11.1 Å². The second kappa shape index (κ2) is 5.43. The summed E-state index contributed by atoms with van der Waals surface area (Å²) in [5, 5.41) is 0.259. The molecule has 0 heterocycles. The van der Waals surface area contributed by atoms with Crippen molar-refractivity contribution in [1.29, 1.82) is 0 Å². The summed E-state index contributed by atoms with van der Waals surface area (Å²) in [6.07, 6.45) is 0. The molecular formula is C10H11ClO4S. The minimum atomic E-state index is -1.93. The Hall–Kier alpha value is -0.910. The molecule has 1 atom stereocenters. The molecule has 0 bridgehead atoms. The van der Waals surface area contributed by atoms with Gasteiger partial charge in [0.1, 0.15) is 0 Å². The number of carbonyl (C=O) groups excluding carboxylic acids is 1. The van der Waals surface area contributed by atoms with E-state index in [9.17, 15) is 9.00 Å². The zero-order valence-corrected chi connectivity index (χ0v) is 10.4. The average molecular weight is 263 g/mol.